The average molecular weight is 282 g/mol. The van der Waals surface area contributed by atoms with Crippen LogP contribution in [0.25, 0.3) is 0 Å². The summed E-state index contributed by atoms with van der Waals surface area (Å²) in [5, 5.41) is 13.1. The van der Waals surface area contributed by atoms with Crippen LogP contribution in [0.4, 0.5) is 5.69 Å². The molecule has 1 aromatic heterocycles. The summed E-state index contributed by atoms with van der Waals surface area (Å²) >= 11 is 7.71. The lowest BCUT2D eigenvalue weighted by Gasteiger charge is -2.14. The van der Waals surface area contributed by atoms with Gasteiger partial charge >= 0.3 is 0 Å². The van der Waals surface area contributed by atoms with Crippen molar-refractivity contribution < 1.29 is 5.11 Å². The van der Waals surface area contributed by atoms with Crippen molar-refractivity contribution in [1.29, 1.82) is 0 Å². The van der Waals surface area contributed by atoms with Gasteiger partial charge in [-0.05, 0) is 43.7 Å². The molecule has 2 aromatic rings. The average Bonchev–Trinajstić information content (AvgIpc) is 2.82. The van der Waals surface area contributed by atoms with E-state index in [4.69, 9.17) is 11.6 Å². The first kappa shape index (κ1) is 13.2. The third-order valence-electron chi connectivity index (χ3n) is 2.79. The van der Waals surface area contributed by atoms with Gasteiger partial charge < -0.3 is 10.4 Å². The molecule has 0 fully saturated rings. The van der Waals surface area contributed by atoms with E-state index in [0.29, 0.717) is 5.02 Å². The number of thiophene rings is 1. The largest absolute Gasteiger partial charge is 0.506 e. The Balaban J connectivity index is 2.10. The van der Waals surface area contributed by atoms with Crippen LogP contribution in [-0.4, -0.2) is 5.11 Å². The lowest BCUT2D eigenvalue weighted by atomic mass is 10.2. The molecule has 2 rings (SSSR count). The van der Waals surface area contributed by atoms with Gasteiger partial charge in [0, 0.05) is 15.4 Å². The van der Waals surface area contributed by atoms with E-state index in [1.807, 2.05) is 17.4 Å². The summed E-state index contributed by atoms with van der Waals surface area (Å²) in [6.45, 7) is 4.28. The smallest absolute Gasteiger partial charge is 0.134 e. The Hall–Kier alpha value is -1.19. The molecule has 2 N–H and O–H groups in total. The summed E-state index contributed by atoms with van der Waals surface area (Å²) in [6, 6.07) is 9.72. The minimum Gasteiger partial charge on any atom is -0.506 e. The van der Waals surface area contributed by atoms with Crippen molar-refractivity contribution in [2.45, 2.75) is 26.3 Å². The minimum atomic E-state index is 0.110. The molecule has 0 aliphatic carbocycles. The highest BCUT2D eigenvalue weighted by Gasteiger charge is 2.09. The van der Waals surface area contributed by atoms with Gasteiger partial charge in [-0.3, -0.25) is 0 Å². The summed E-state index contributed by atoms with van der Waals surface area (Å²) < 4.78 is 0. The van der Waals surface area contributed by atoms with Crippen LogP contribution in [0.5, 0.6) is 5.75 Å². The van der Waals surface area contributed by atoms with Crippen LogP contribution in [-0.2, 0) is 6.42 Å². The third-order valence-corrected chi connectivity index (χ3v) is 4.50. The molecule has 1 aromatic carbocycles. The van der Waals surface area contributed by atoms with Gasteiger partial charge in [0.2, 0.25) is 0 Å². The number of hydrogen-bond donors (Lipinski definition) is 2. The van der Waals surface area contributed by atoms with Crippen molar-refractivity contribution in [1.82, 2.24) is 0 Å². The molecule has 0 saturated carbocycles. The number of phenolic OH excluding ortho intramolecular Hbond substituents is 1. The number of halogens is 1. The topological polar surface area (TPSA) is 32.3 Å². The molecular weight excluding hydrogens is 266 g/mol. The molecule has 0 aliphatic heterocycles. The molecule has 96 valence electrons. The first-order chi connectivity index (χ1) is 8.60. The van der Waals surface area contributed by atoms with Crippen LogP contribution in [0.15, 0.2) is 30.3 Å². The van der Waals surface area contributed by atoms with Crippen molar-refractivity contribution in [3.05, 3.63) is 45.1 Å². The number of nitrogens with one attached hydrogen (secondary N) is 1. The zero-order valence-corrected chi connectivity index (χ0v) is 12.0. The fourth-order valence-corrected chi connectivity index (χ4v) is 2.87. The zero-order chi connectivity index (χ0) is 13.1. The van der Waals surface area contributed by atoms with E-state index in [0.717, 1.165) is 12.1 Å². The van der Waals surface area contributed by atoms with Crippen molar-refractivity contribution in [3.63, 3.8) is 0 Å². The summed E-state index contributed by atoms with van der Waals surface area (Å²) in [5.74, 6) is 0.110. The number of anilines is 1. The number of aryl methyl sites for hydroxylation is 1. The van der Waals surface area contributed by atoms with Crippen LogP contribution < -0.4 is 5.32 Å². The second-order valence-corrected chi connectivity index (χ2v) is 5.80. The Labute approximate surface area is 116 Å². The standard InChI is InChI=1S/C14H16ClNOS/c1-3-11-5-7-14(18-11)9(2)16-10-4-6-13(17)12(15)8-10/h4-9,16-17H,3H2,1-2H3. The maximum absolute atomic E-state index is 9.37. The summed E-state index contributed by atoms with van der Waals surface area (Å²) in [7, 11) is 0. The molecule has 0 amide bonds. The Morgan fingerprint density at radius 2 is 2.11 bits per heavy atom. The Bertz CT molecular complexity index is 538. The quantitative estimate of drug-likeness (QED) is 0.786. The van der Waals surface area contributed by atoms with Gasteiger partial charge in [0.05, 0.1) is 11.1 Å². The van der Waals surface area contributed by atoms with Crippen LogP contribution in [0.1, 0.15) is 29.6 Å². The van der Waals surface area contributed by atoms with E-state index in [2.05, 4.69) is 31.3 Å². The summed E-state index contributed by atoms with van der Waals surface area (Å²) in [5.41, 5.74) is 0.914. The number of hydrogen-bond acceptors (Lipinski definition) is 3. The van der Waals surface area contributed by atoms with E-state index in [1.54, 1.807) is 12.1 Å². The van der Waals surface area contributed by atoms with Crippen LogP contribution in [0, 0.1) is 0 Å². The molecule has 0 bridgehead atoms. The van der Waals surface area contributed by atoms with Gasteiger partial charge in [-0.1, -0.05) is 18.5 Å². The van der Waals surface area contributed by atoms with Gasteiger partial charge in [0.1, 0.15) is 5.75 Å². The molecule has 0 radical (unpaired) electrons. The molecule has 4 heteroatoms. The van der Waals surface area contributed by atoms with Gasteiger partial charge in [0.25, 0.3) is 0 Å². The zero-order valence-electron chi connectivity index (χ0n) is 10.4. The highest BCUT2D eigenvalue weighted by Crippen LogP contribution is 2.30. The fraction of sp³-hybridized carbons (Fsp3) is 0.286. The van der Waals surface area contributed by atoms with Gasteiger partial charge in [-0.25, -0.2) is 0 Å². The van der Waals surface area contributed by atoms with Crippen LogP contribution in [0.2, 0.25) is 5.02 Å². The molecule has 1 heterocycles. The number of aromatic hydroxyl groups is 1. The Morgan fingerprint density at radius 1 is 1.33 bits per heavy atom. The molecule has 1 atom stereocenters. The minimum absolute atomic E-state index is 0.110. The summed E-state index contributed by atoms with van der Waals surface area (Å²) in [6.07, 6.45) is 1.07. The SMILES string of the molecule is CCc1ccc(C(C)Nc2ccc(O)c(Cl)c2)s1. The highest BCUT2D eigenvalue weighted by molar-refractivity contribution is 7.12. The molecule has 0 saturated heterocycles. The molecule has 2 nitrogen and oxygen atoms in total. The maximum Gasteiger partial charge on any atom is 0.134 e. The van der Waals surface area contributed by atoms with Crippen molar-refractivity contribution in [3.8, 4) is 5.75 Å². The highest BCUT2D eigenvalue weighted by atomic mass is 35.5. The Kier molecular flexibility index (Phi) is 4.15. The van der Waals surface area contributed by atoms with E-state index < -0.39 is 0 Å². The third kappa shape index (κ3) is 2.98. The van der Waals surface area contributed by atoms with E-state index in [-0.39, 0.29) is 11.8 Å². The molecular formula is C14H16ClNOS. The van der Waals surface area contributed by atoms with Crippen LogP contribution >= 0.6 is 22.9 Å². The second-order valence-electron chi connectivity index (χ2n) is 4.19. The molecule has 18 heavy (non-hydrogen) atoms. The normalized spacial score (nSPS) is 12.4. The van der Waals surface area contributed by atoms with E-state index >= 15 is 0 Å². The second kappa shape index (κ2) is 5.63. The van der Waals surface area contributed by atoms with Gasteiger partial charge in [-0.2, -0.15) is 0 Å². The van der Waals surface area contributed by atoms with Crippen molar-refractivity contribution in [2.75, 3.05) is 5.32 Å². The molecule has 0 spiro atoms. The lowest BCUT2D eigenvalue weighted by Crippen LogP contribution is -2.04. The van der Waals surface area contributed by atoms with Crippen LogP contribution in [0.3, 0.4) is 0 Å². The van der Waals surface area contributed by atoms with E-state index in [9.17, 15) is 5.11 Å². The monoisotopic (exact) mass is 281 g/mol. The summed E-state index contributed by atoms with van der Waals surface area (Å²) in [4.78, 5) is 2.69. The predicted molar refractivity (Wildman–Crippen MR) is 78.9 cm³/mol. The predicted octanol–water partition coefficient (Wildman–Crippen LogP) is 4.84. The van der Waals surface area contributed by atoms with Crippen molar-refractivity contribution in [2.24, 2.45) is 0 Å². The van der Waals surface area contributed by atoms with E-state index in [1.165, 1.54) is 9.75 Å². The number of phenols is 1. The number of benzene rings is 1. The maximum atomic E-state index is 9.37. The first-order valence-corrected chi connectivity index (χ1v) is 7.13. The lowest BCUT2D eigenvalue weighted by molar-refractivity contribution is 0.475. The van der Waals surface area contributed by atoms with Gasteiger partial charge in [0.15, 0.2) is 0 Å². The van der Waals surface area contributed by atoms with Gasteiger partial charge in [-0.15, -0.1) is 11.3 Å². The van der Waals surface area contributed by atoms with Crippen molar-refractivity contribution >= 4 is 28.6 Å². The molecule has 1 unspecified atom stereocenters. The fourth-order valence-electron chi connectivity index (χ4n) is 1.74. The molecule has 0 aliphatic rings. The Morgan fingerprint density at radius 3 is 2.72 bits per heavy atom. The number of rotatable bonds is 4. The first-order valence-electron chi connectivity index (χ1n) is 5.93.